The molecule has 2 bridgehead atoms. The molecule has 6 heteroatoms. The Bertz CT molecular complexity index is 810. The van der Waals surface area contributed by atoms with Crippen LogP contribution in [-0.2, 0) is 4.79 Å². The predicted octanol–water partition coefficient (Wildman–Crippen LogP) is 4.44. The van der Waals surface area contributed by atoms with E-state index in [0.29, 0.717) is 35.9 Å². The third-order valence-electron chi connectivity index (χ3n) is 8.36. The topological polar surface area (TPSA) is 26.8 Å². The van der Waals surface area contributed by atoms with Gasteiger partial charge in [-0.1, -0.05) is 13.3 Å². The first-order valence-electron chi connectivity index (χ1n) is 12.3. The monoisotopic (exact) mass is 431 g/mol. The van der Waals surface area contributed by atoms with E-state index < -0.39 is 11.6 Å². The van der Waals surface area contributed by atoms with E-state index >= 15 is 0 Å². The summed E-state index contributed by atoms with van der Waals surface area (Å²) in [7, 11) is 0. The zero-order chi connectivity index (χ0) is 21.5. The second-order valence-corrected chi connectivity index (χ2v) is 10.1. The number of hydrogen-bond donors (Lipinski definition) is 0. The van der Waals surface area contributed by atoms with Gasteiger partial charge in [-0.3, -0.25) is 9.69 Å². The molecular formula is C25H35F2N3O. The van der Waals surface area contributed by atoms with Crippen molar-refractivity contribution in [1.29, 1.82) is 0 Å². The maximum atomic E-state index is 13.7. The number of piperidine rings is 4. The predicted molar refractivity (Wildman–Crippen MR) is 118 cm³/mol. The van der Waals surface area contributed by atoms with Crippen molar-refractivity contribution < 1.29 is 13.6 Å². The first-order chi connectivity index (χ1) is 15.0. The van der Waals surface area contributed by atoms with Crippen LogP contribution in [0.15, 0.2) is 18.2 Å². The van der Waals surface area contributed by atoms with Crippen LogP contribution in [0.25, 0.3) is 0 Å². The molecule has 4 aliphatic rings. The van der Waals surface area contributed by atoms with E-state index in [2.05, 4.69) is 21.6 Å². The summed E-state index contributed by atoms with van der Waals surface area (Å²) < 4.78 is 26.9. The highest BCUT2D eigenvalue weighted by Gasteiger charge is 2.49. The maximum Gasteiger partial charge on any atom is 0.223 e. The molecule has 4 saturated heterocycles. The minimum atomic E-state index is -0.782. The summed E-state index contributed by atoms with van der Waals surface area (Å²) in [6.07, 6.45) is 8.62. The second kappa shape index (κ2) is 8.68. The first kappa shape index (κ1) is 21.2. The van der Waals surface area contributed by atoms with Gasteiger partial charge in [-0.2, -0.15) is 0 Å². The molecular weight excluding hydrogens is 396 g/mol. The average molecular weight is 432 g/mol. The van der Waals surface area contributed by atoms with Gasteiger partial charge in [0, 0.05) is 62.5 Å². The highest BCUT2D eigenvalue weighted by Crippen LogP contribution is 2.44. The maximum absolute atomic E-state index is 13.7. The number of fused-ring (bicyclic) bond motifs is 4. The van der Waals surface area contributed by atoms with Gasteiger partial charge in [0.05, 0.1) is 0 Å². The van der Waals surface area contributed by atoms with Crippen molar-refractivity contribution in [2.24, 2.45) is 11.8 Å². The number of halogens is 2. The molecule has 4 atom stereocenters. The number of benzene rings is 1. The van der Waals surface area contributed by atoms with Gasteiger partial charge in [0.1, 0.15) is 0 Å². The number of likely N-dealkylation sites (tertiary alicyclic amines) is 1. The second-order valence-electron chi connectivity index (χ2n) is 10.1. The summed E-state index contributed by atoms with van der Waals surface area (Å²) in [5.74, 6) is 0.0617. The normalized spacial score (nSPS) is 32.3. The summed E-state index contributed by atoms with van der Waals surface area (Å²) in [6.45, 7) is 6.22. The molecule has 170 valence electrons. The summed E-state index contributed by atoms with van der Waals surface area (Å²) in [5, 5.41) is 0. The van der Waals surface area contributed by atoms with Gasteiger partial charge >= 0.3 is 0 Å². The third-order valence-corrected chi connectivity index (χ3v) is 8.36. The number of nitrogens with zero attached hydrogens (tertiary/aromatic N) is 3. The number of carbonyl (C=O) groups is 1. The summed E-state index contributed by atoms with van der Waals surface area (Å²) in [4.78, 5) is 20.0. The van der Waals surface area contributed by atoms with Crippen LogP contribution in [0.1, 0.15) is 58.3 Å². The van der Waals surface area contributed by atoms with Crippen LogP contribution in [0.4, 0.5) is 14.5 Å². The molecule has 0 saturated carbocycles. The molecule has 4 heterocycles. The molecule has 4 aliphatic heterocycles. The summed E-state index contributed by atoms with van der Waals surface area (Å²) >= 11 is 0. The largest absolute Gasteiger partial charge is 0.371 e. The van der Waals surface area contributed by atoms with Gasteiger partial charge in [0.15, 0.2) is 11.6 Å². The lowest BCUT2D eigenvalue weighted by Gasteiger charge is -2.58. The Morgan fingerprint density at radius 1 is 1.03 bits per heavy atom. The molecule has 4 nitrogen and oxygen atoms in total. The third kappa shape index (κ3) is 3.96. The SMILES string of the molecule is CCC[C@H]1[C@H]2C[C@H](CN(C3CCN(c4ccc(F)c(F)c4)CC3)C2)[C@@H]2CCCC(=O)N21. The lowest BCUT2D eigenvalue weighted by Crippen LogP contribution is -2.66. The molecule has 0 aliphatic carbocycles. The minimum absolute atomic E-state index is 0.401. The average Bonchev–Trinajstić information content (AvgIpc) is 2.79. The Morgan fingerprint density at radius 2 is 1.81 bits per heavy atom. The molecule has 1 amide bonds. The molecule has 0 spiro atoms. The molecule has 4 fully saturated rings. The van der Waals surface area contributed by atoms with Crippen LogP contribution < -0.4 is 4.90 Å². The van der Waals surface area contributed by atoms with Gasteiger partial charge in [0.25, 0.3) is 0 Å². The molecule has 1 aromatic rings. The summed E-state index contributed by atoms with van der Waals surface area (Å²) in [6, 6.07) is 5.66. The summed E-state index contributed by atoms with van der Waals surface area (Å²) in [5.41, 5.74) is 0.784. The van der Waals surface area contributed by atoms with Gasteiger partial charge in [-0.25, -0.2) is 8.78 Å². The van der Waals surface area contributed by atoms with Crippen LogP contribution in [-0.4, -0.2) is 60.0 Å². The van der Waals surface area contributed by atoms with E-state index in [1.807, 2.05) is 0 Å². The van der Waals surface area contributed by atoms with Crippen LogP contribution >= 0.6 is 0 Å². The number of carbonyl (C=O) groups excluding carboxylic acids is 1. The quantitative estimate of drug-likeness (QED) is 0.705. The van der Waals surface area contributed by atoms with Gasteiger partial charge < -0.3 is 9.80 Å². The van der Waals surface area contributed by atoms with Crippen LogP contribution in [0.2, 0.25) is 0 Å². The smallest absolute Gasteiger partial charge is 0.223 e. The molecule has 0 N–H and O–H groups in total. The molecule has 0 aromatic heterocycles. The van der Waals surface area contributed by atoms with Crippen molar-refractivity contribution in [3.8, 4) is 0 Å². The van der Waals surface area contributed by atoms with E-state index in [9.17, 15) is 13.6 Å². The first-order valence-corrected chi connectivity index (χ1v) is 12.3. The van der Waals surface area contributed by atoms with Crippen LogP contribution in [0.3, 0.4) is 0 Å². The molecule has 1 aromatic carbocycles. The van der Waals surface area contributed by atoms with Crippen molar-refractivity contribution in [2.75, 3.05) is 31.1 Å². The zero-order valence-corrected chi connectivity index (χ0v) is 18.6. The van der Waals surface area contributed by atoms with Gasteiger partial charge in [-0.05, 0) is 62.5 Å². The fourth-order valence-electron chi connectivity index (χ4n) is 6.95. The highest BCUT2D eigenvalue weighted by molar-refractivity contribution is 5.78. The van der Waals surface area contributed by atoms with Crippen molar-refractivity contribution in [1.82, 2.24) is 9.80 Å². The van der Waals surface area contributed by atoms with E-state index in [0.717, 1.165) is 70.4 Å². The lowest BCUT2D eigenvalue weighted by molar-refractivity contribution is -0.154. The fourth-order valence-corrected chi connectivity index (χ4v) is 6.95. The standard InChI is InChI=1S/C25H35F2N3O/c1-2-4-23-17-13-18(24-5-3-6-25(31)30(23)24)16-29(15-17)19-9-11-28(12-10-19)20-7-8-21(26)22(27)14-20/h7-8,14,17-19,23-24H,2-6,9-13,15-16H2,1H3/t17-,18+,23-,24-/m0/s1. The van der Waals surface area contributed by atoms with Crippen molar-refractivity contribution in [3.05, 3.63) is 29.8 Å². The van der Waals surface area contributed by atoms with Crippen molar-refractivity contribution in [3.63, 3.8) is 0 Å². The Balaban J connectivity index is 1.26. The Kier molecular flexibility index (Phi) is 5.93. The number of hydrogen-bond acceptors (Lipinski definition) is 3. The molecule has 0 unspecified atom stereocenters. The van der Waals surface area contributed by atoms with Crippen molar-refractivity contribution >= 4 is 11.6 Å². The van der Waals surface area contributed by atoms with E-state index in [1.54, 1.807) is 6.07 Å². The molecule has 5 rings (SSSR count). The Labute approximate surface area is 184 Å². The highest BCUT2D eigenvalue weighted by atomic mass is 19.2. The molecule has 31 heavy (non-hydrogen) atoms. The van der Waals surface area contributed by atoms with E-state index in [4.69, 9.17) is 0 Å². The van der Waals surface area contributed by atoms with Crippen LogP contribution in [0, 0.1) is 23.5 Å². The Morgan fingerprint density at radius 3 is 2.55 bits per heavy atom. The Hall–Kier alpha value is -1.69. The molecule has 0 radical (unpaired) electrons. The van der Waals surface area contributed by atoms with E-state index in [-0.39, 0.29) is 0 Å². The van der Waals surface area contributed by atoms with Crippen molar-refractivity contribution in [2.45, 2.75) is 76.4 Å². The lowest BCUT2D eigenvalue weighted by atomic mass is 9.70. The van der Waals surface area contributed by atoms with Gasteiger partial charge in [-0.15, -0.1) is 0 Å². The number of amides is 1. The van der Waals surface area contributed by atoms with Crippen LogP contribution in [0.5, 0.6) is 0 Å². The zero-order valence-electron chi connectivity index (χ0n) is 18.6. The minimum Gasteiger partial charge on any atom is -0.371 e. The number of rotatable bonds is 4. The van der Waals surface area contributed by atoms with E-state index in [1.165, 1.54) is 25.0 Å². The van der Waals surface area contributed by atoms with Gasteiger partial charge in [0.2, 0.25) is 5.91 Å². The fraction of sp³-hybridized carbons (Fsp3) is 0.720. The number of anilines is 1.